The first-order valence-corrected chi connectivity index (χ1v) is 9.20. The number of ether oxygens (including phenoxy) is 1. The Labute approximate surface area is 159 Å². The molecule has 1 fully saturated rings. The van der Waals surface area contributed by atoms with Crippen LogP contribution in [0.25, 0.3) is 0 Å². The van der Waals surface area contributed by atoms with Crippen LogP contribution in [0.3, 0.4) is 0 Å². The Balaban J connectivity index is 1.46. The number of hydrogen-bond donors (Lipinski definition) is 3. The van der Waals surface area contributed by atoms with Gasteiger partial charge >= 0.3 is 0 Å². The normalized spacial score (nSPS) is 14.7. The van der Waals surface area contributed by atoms with Gasteiger partial charge in [-0.05, 0) is 42.8 Å². The second-order valence-electron chi connectivity index (χ2n) is 6.40. The van der Waals surface area contributed by atoms with Gasteiger partial charge in [0.05, 0.1) is 18.8 Å². The third-order valence-corrected chi connectivity index (χ3v) is 4.42. The molecule has 8 heteroatoms. The molecule has 0 unspecified atom stereocenters. The van der Waals surface area contributed by atoms with Crippen LogP contribution in [0.4, 0.5) is 11.6 Å². The number of morpholine rings is 1. The van der Waals surface area contributed by atoms with E-state index in [0.29, 0.717) is 17.9 Å². The second-order valence-corrected chi connectivity index (χ2v) is 6.40. The van der Waals surface area contributed by atoms with Crippen molar-refractivity contribution < 1.29 is 9.53 Å². The van der Waals surface area contributed by atoms with E-state index in [1.54, 1.807) is 24.5 Å². The number of amides is 1. The highest BCUT2D eigenvalue weighted by atomic mass is 16.5. The van der Waals surface area contributed by atoms with E-state index < -0.39 is 5.91 Å². The fourth-order valence-electron chi connectivity index (χ4n) is 2.96. The molecule has 0 radical (unpaired) electrons. The quantitative estimate of drug-likeness (QED) is 0.572. The zero-order valence-corrected chi connectivity index (χ0v) is 15.4. The predicted octanol–water partition coefficient (Wildman–Crippen LogP) is 1.32. The number of carbonyl (C=O) groups is 1. The molecule has 2 aromatic rings. The van der Waals surface area contributed by atoms with Gasteiger partial charge in [-0.15, -0.1) is 0 Å². The summed E-state index contributed by atoms with van der Waals surface area (Å²) in [7, 11) is 0. The minimum absolute atomic E-state index is 0.382. The molecular weight excluding hydrogens is 344 g/mol. The van der Waals surface area contributed by atoms with Gasteiger partial charge in [-0.2, -0.15) is 0 Å². The van der Waals surface area contributed by atoms with Crippen molar-refractivity contribution in [3.05, 3.63) is 47.8 Å². The van der Waals surface area contributed by atoms with Crippen molar-refractivity contribution in [2.24, 2.45) is 5.73 Å². The molecule has 0 atom stereocenters. The predicted molar refractivity (Wildman–Crippen MR) is 105 cm³/mol. The molecule has 8 nitrogen and oxygen atoms in total. The van der Waals surface area contributed by atoms with Crippen LogP contribution < -0.4 is 16.4 Å². The highest BCUT2D eigenvalue weighted by Crippen LogP contribution is 2.13. The average Bonchev–Trinajstić information content (AvgIpc) is 2.71. The van der Waals surface area contributed by atoms with E-state index in [1.165, 1.54) is 0 Å². The molecule has 144 valence electrons. The number of carbonyl (C=O) groups excluding carboxylic acids is 1. The number of nitrogens with one attached hydrogen (secondary N) is 2. The van der Waals surface area contributed by atoms with Gasteiger partial charge in [0.15, 0.2) is 0 Å². The molecule has 0 bridgehead atoms. The van der Waals surface area contributed by atoms with E-state index >= 15 is 0 Å². The number of anilines is 2. The summed E-state index contributed by atoms with van der Waals surface area (Å²) in [6, 6.07) is 7.27. The summed E-state index contributed by atoms with van der Waals surface area (Å²) in [6.07, 6.45) is 4.46. The van der Waals surface area contributed by atoms with Gasteiger partial charge in [-0.25, -0.2) is 9.97 Å². The molecule has 1 aliphatic heterocycles. The number of rotatable bonds is 9. The van der Waals surface area contributed by atoms with Gasteiger partial charge in [-0.3, -0.25) is 9.69 Å². The van der Waals surface area contributed by atoms with E-state index in [9.17, 15) is 4.79 Å². The Morgan fingerprint density at radius 1 is 1.19 bits per heavy atom. The zero-order chi connectivity index (χ0) is 18.9. The van der Waals surface area contributed by atoms with Gasteiger partial charge in [0.1, 0.15) is 11.6 Å². The Morgan fingerprint density at radius 3 is 2.85 bits per heavy atom. The molecule has 1 amide bonds. The molecular formula is C19H26N6O2. The topological polar surface area (TPSA) is 105 Å². The first kappa shape index (κ1) is 19.1. The fraction of sp³-hybridized carbons (Fsp3) is 0.421. The highest BCUT2D eigenvalue weighted by Gasteiger charge is 2.10. The smallest absolute Gasteiger partial charge is 0.252 e. The molecule has 0 saturated carbocycles. The van der Waals surface area contributed by atoms with Crippen LogP contribution in [-0.4, -0.2) is 60.2 Å². The van der Waals surface area contributed by atoms with E-state index in [0.717, 1.165) is 57.2 Å². The molecule has 1 saturated heterocycles. The summed E-state index contributed by atoms with van der Waals surface area (Å²) in [5, 5.41) is 6.53. The molecule has 27 heavy (non-hydrogen) atoms. The maximum absolute atomic E-state index is 11.5. The first-order valence-electron chi connectivity index (χ1n) is 9.20. The molecule has 4 N–H and O–H groups in total. The number of primary amides is 1. The number of aromatic nitrogens is 2. The number of nitrogens with two attached hydrogens (primary N) is 1. The first-order chi connectivity index (χ1) is 13.2. The average molecular weight is 370 g/mol. The van der Waals surface area contributed by atoms with Crippen molar-refractivity contribution in [3.63, 3.8) is 0 Å². The van der Waals surface area contributed by atoms with E-state index in [2.05, 4.69) is 25.5 Å². The third-order valence-electron chi connectivity index (χ3n) is 4.42. The summed E-state index contributed by atoms with van der Waals surface area (Å²) in [5.74, 6) is 0.831. The molecule has 2 aromatic heterocycles. The largest absolute Gasteiger partial charge is 0.379 e. The molecule has 3 rings (SSSR count). The fourth-order valence-corrected chi connectivity index (χ4v) is 2.96. The lowest BCUT2D eigenvalue weighted by Crippen LogP contribution is -2.37. The van der Waals surface area contributed by atoms with Gasteiger partial charge in [-0.1, -0.05) is 0 Å². The maximum Gasteiger partial charge on any atom is 0.252 e. The lowest BCUT2D eigenvalue weighted by atomic mass is 10.2. The highest BCUT2D eigenvalue weighted by molar-refractivity contribution is 5.97. The van der Waals surface area contributed by atoms with E-state index in [1.807, 2.05) is 12.1 Å². The van der Waals surface area contributed by atoms with Crippen LogP contribution in [0.5, 0.6) is 0 Å². The summed E-state index contributed by atoms with van der Waals surface area (Å²) >= 11 is 0. The monoisotopic (exact) mass is 370 g/mol. The Hall–Kier alpha value is -2.71. The van der Waals surface area contributed by atoms with Crippen molar-refractivity contribution in [2.45, 2.75) is 13.0 Å². The van der Waals surface area contributed by atoms with Crippen LogP contribution >= 0.6 is 0 Å². The summed E-state index contributed by atoms with van der Waals surface area (Å²) in [6.45, 7) is 6.15. The van der Waals surface area contributed by atoms with Crippen LogP contribution in [0.1, 0.15) is 22.3 Å². The van der Waals surface area contributed by atoms with Crippen LogP contribution in [0, 0.1) is 0 Å². The van der Waals surface area contributed by atoms with Gasteiger partial charge in [0, 0.05) is 38.6 Å². The van der Waals surface area contributed by atoms with Crippen molar-refractivity contribution in [3.8, 4) is 0 Å². The molecule has 3 heterocycles. The summed E-state index contributed by atoms with van der Waals surface area (Å²) < 4.78 is 5.36. The summed E-state index contributed by atoms with van der Waals surface area (Å²) in [4.78, 5) is 22.4. The van der Waals surface area contributed by atoms with Crippen molar-refractivity contribution in [2.75, 3.05) is 50.0 Å². The van der Waals surface area contributed by atoms with Gasteiger partial charge in [0.2, 0.25) is 0 Å². The SMILES string of the molecule is NC(=O)c1cccnc1NCc1ccnc(NCCCN2CCOCC2)c1. The van der Waals surface area contributed by atoms with Gasteiger partial charge < -0.3 is 21.1 Å². The molecule has 1 aliphatic rings. The lowest BCUT2D eigenvalue weighted by molar-refractivity contribution is 0.0378. The van der Waals surface area contributed by atoms with Gasteiger partial charge in [0.25, 0.3) is 5.91 Å². The van der Waals surface area contributed by atoms with Crippen LogP contribution in [0.15, 0.2) is 36.7 Å². The van der Waals surface area contributed by atoms with Crippen molar-refractivity contribution >= 4 is 17.5 Å². The third kappa shape index (κ3) is 5.90. The number of nitrogens with zero attached hydrogens (tertiary/aromatic N) is 3. The zero-order valence-electron chi connectivity index (χ0n) is 15.4. The molecule has 0 aromatic carbocycles. The second kappa shape index (κ2) is 9.84. The standard InChI is InChI=1S/C19H26N6O2/c20-18(26)16-3-1-5-23-19(16)24-14-15-4-7-22-17(13-15)21-6-2-8-25-9-11-27-12-10-25/h1,3-5,7,13H,2,6,8-12,14H2,(H2,20,26)(H,21,22)(H,23,24). The van der Waals surface area contributed by atoms with Crippen LogP contribution in [-0.2, 0) is 11.3 Å². The molecule has 0 aliphatic carbocycles. The van der Waals surface area contributed by atoms with Crippen molar-refractivity contribution in [1.29, 1.82) is 0 Å². The van der Waals surface area contributed by atoms with Crippen molar-refractivity contribution in [1.82, 2.24) is 14.9 Å². The Bertz CT molecular complexity index is 748. The van der Waals surface area contributed by atoms with Crippen LogP contribution in [0.2, 0.25) is 0 Å². The lowest BCUT2D eigenvalue weighted by Gasteiger charge is -2.26. The molecule has 0 spiro atoms. The van der Waals surface area contributed by atoms with E-state index in [4.69, 9.17) is 10.5 Å². The minimum atomic E-state index is -0.497. The number of hydrogen-bond acceptors (Lipinski definition) is 7. The minimum Gasteiger partial charge on any atom is -0.379 e. The number of pyridine rings is 2. The Kier molecular flexibility index (Phi) is 6.95. The Morgan fingerprint density at radius 2 is 2.04 bits per heavy atom. The van der Waals surface area contributed by atoms with E-state index in [-0.39, 0.29) is 0 Å². The summed E-state index contributed by atoms with van der Waals surface area (Å²) in [5.41, 5.74) is 6.81. The maximum atomic E-state index is 11.5.